The molecule has 0 spiro atoms. The molecule has 0 atom stereocenters. The van der Waals surface area contributed by atoms with E-state index < -0.39 is 27.5 Å². The highest BCUT2D eigenvalue weighted by molar-refractivity contribution is 7.92. The molecule has 4 rings (SSSR count). The molecule has 1 aliphatic rings. The number of anilines is 3. The number of nitrogens with one attached hydrogen (secondary N) is 1. The van der Waals surface area contributed by atoms with Crippen molar-refractivity contribution in [3.8, 4) is 0 Å². The van der Waals surface area contributed by atoms with Crippen LogP contribution in [0.5, 0.6) is 0 Å². The maximum Gasteiger partial charge on any atom is 0.416 e. The van der Waals surface area contributed by atoms with Gasteiger partial charge in [0.05, 0.1) is 26.7 Å². The number of halogens is 3. The minimum Gasteiger partial charge on any atom is -0.330 e. The number of alkyl halides is 3. The minimum atomic E-state index is -4.53. The summed E-state index contributed by atoms with van der Waals surface area (Å²) < 4.78 is 64.5. The van der Waals surface area contributed by atoms with Crippen LogP contribution < -0.4 is 10.2 Å². The van der Waals surface area contributed by atoms with E-state index in [1.54, 1.807) is 36.4 Å². The maximum absolute atomic E-state index is 12.9. The van der Waals surface area contributed by atoms with Crippen LogP contribution in [0.25, 0.3) is 0 Å². The lowest BCUT2D eigenvalue weighted by Gasteiger charge is -2.32. The molecule has 0 saturated carbocycles. The zero-order chi connectivity index (χ0) is 21.5. The first kappa shape index (κ1) is 20.0. The SMILES string of the molecule is O=C(CN1c2ccccc2S(=O)(=O)c2ccccc21)Nc1cccc(C(F)(F)F)c1. The molecule has 1 heterocycles. The van der Waals surface area contributed by atoms with Crippen LogP contribution in [-0.4, -0.2) is 20.9 Å². The minimum absolute atomic E-state index is 0.000950. The number of nitrogens with zero attached hydrogens (tertiary/aromatic N) is 1. The maximum atomic E-state index is 12.9. The molecule has 1 aliphatic heterocycles. The van der Waals surface area contributed by atoms with Gasteiger partial charge < -0.3 is 10.2 Å². The Hall–Kier alpha value is -3.33. The molecule has 0 unspecified atom stereocenters. The number of hydrogen-bond donors (Lipinski definition) is 1. The molecule has 5 nitrogen and oxygen atoms in total. The lowest BCUT2D eigenvalue weighted by Crippen LogP contribution is -2.33. The van der Waals surface area contributed by atoms with Crippen molar-refractivity contribution in [2.45, 2.75) is 16.0 Å². The summed E-state index contributed by atoms with van der Waals surface area (Å²) >= 11 is 0. The highest BCUT2D eigenvalue weighted by Crippen LogP contribution is 2.43. The molecule has 1 N–H and O–H groups in total. The van der Waals surface area contributed by atoms with Crippen molar-refractivity contribution in [2.24, 2.45) is 0 Å². The second-order valence-corrected chi connectivity index (χ2v) is 8.54. The van der Waals surface area contributed by atoms with Gasteiger partial charge in [0.15, 0.2) is 0 Å². The second kappa shape index (κ2) is 7.17. The van der Waals surface area contributed by atoms with Crippen molar-refractivity contribution >= 4 is 32.8 Å². The fraction of sp³-hybridized carbons (Fsp3) is 0.0952. The van der Waals surface area contributed by atoms with Gasteiger partial charge in [0.2, 0.25) is 15.7 Å². The van der Waals surface area contributed by atoms with E-state index in [0.29, 0.717) is 11.4 Å². The molecular weight excluding hydrogens is 417 g/mol. The molecule has 3 aromatic carbocycles. The highest BCUT2D eigenvalue weighted by atomic mass is 32.2. The largest absolute Gasteiger partial charge is 0.416 e. The Morgan fingerprint density at radius 2 is 1.43 bits per heavy atom. The molecule has 0 aliphatic carbocycles. The number of carbonyl (C=O) groups is 1. The van der Waals surface area contributed by atoms with Crippen LogP contribution in [0.1, 0.15) is 5.56 Å². The first-order valence-corrected chi connectivity index (χ1v) is 10.3. The fourth-order valence-electron chi connectivity index (χ4n) is 3.35. The molecule has 0 radical (unpaired) electrons. The van der Waals surface area contributed by atoms with Gasteiger partial charge >= 0.3 is 6.18 Å². The molecule has 30 heavy (non-hydrogen) atoms. The highest BCUT2D eigenvalue weighted by Gasteiger charge is 2.34. The molecule has 9 heteroatoms. The molecule has 0 saturated heterocycles. The van der Waals surface area contributed by atoms with E-state index in [2.05, 4.69) is 5.32 Å². The van der Waals surface area contributed by atoms with E-state index in [-0.39, 0.29) is 22.0 Å². The molecular formula is C21H15F3N2O3S. The number of fused-ring (bicyclic) bond motifs is 2. The number of amides is 1. The predicted octanol–water partition coefficient (Wildman–Crippen LogP) is 4.63. The molecule has 3 aromatic rings. The second-order valence-electron chi connectivity index (χ2n) is 6.65. The molecule has 0 aromatic heterocycles. The topological polar surface area (TPSA) is 66.5 Å². The smallest absolute Gasteiger partial charge is 0.330 e. The van der Waals surface area contributed by atoms with Gasteiger partial charge in [0.25, 0.3) is 0 Å². The number of para-hydroxylation sites is 2. The van der Waals surface area contributed by atoms with Crippen LogP contribution in [-0.2, 0) is 20.8 Å². The van der Waals surface area contributed by atoms with Gasteiger partial charge in [0.1, 0.15) is 6.54 Å². The van der Waals surface area contributed by atoms with Gasteiger partial charge in [-0.25, -0.2) is 8.42 Å². The zero-order valence-electron chi connectivity index (χ0n) is 15.3. The van der Waals surface area contributed by atoms with Gasteiger partial charge in [-0.3, -0.25) is 4.79 Å². The molecule has 0 fully saturated rings. The monoisotopic (exact) mass is 432 g/mol. The summed E-state index contributed by atoms with van der Waals surface area (Å²) in [7, 11) is -3.75. The summed E-state index contributed by atoms with van der Waals surface area (Å²) in [4.78, 5) is 14.3. The van der Waals surface area contributed by atoms with Crippen LogP contribution in [0.15, 0.2) is 82.6 Å². The lowest BCUT2D eigenvalue weighted by atomic mass is 10.2. The number of hydrogen-bond acceptors (Lipinski definition) is 4. The number of benzene rings is 3. The van der Waals surface area contributed by atoms with E-state index in [0.717, 1.165) is 12.1 Å². The van der Waals surface area contributed by atoms with Crippen molar-refractivity contribution in [3.05, 3.63) is 78.4 Å². The van der Waals surface area contributed by atoms with Crippen LogP contribution in [0.2, 0.25) is 0 Å². The molecule has 154 valence electrons. The summed E-state index contributed by atoms with van der Waals surface area (Å²) in [5.74, 6) is -0.585. The summed E-state index contributed by atoms with van der Waals surface area (Å²) in [5, 5.41) is 2.45. The third-order valence-electron chi connectivity index (χ3n) is 4.67. The fourth-order valence-corrected chi connectivity index (χ4v) is 5.01. The summed E-state index contributed by atoms with van der Waals surface area (Å²) in [6.07, 6.45) is -4.53. The summed E-state index contributed by atoms with van der Waals surface area (Å²) in [5.41, 5.74) is -0.216. The van der Waals surface area contributed by atoms with E-state index >= 15 is 0 Å². The van der Waals surface area contributed by atoms with Crippen molar-refractivity contribution < 1.29 is 26.4 Å². The van der Waals surface area contributed by atoms with Crippen LogP contribution in [0, 0.1) is 0 Å². The summed E-state index contributed by atoms with van der Waals surface area (Å²) in [6.45, 7) is -0.278. The third-order valence-corrected chi connectivity index (χ3v) is 6.52. The van der Waals surface area contributed by atoms with E-state index in [1.165, 1.54) is 29.2 Å². The number of sulfone groups is 1. The first-order valence-electron chi connectivity index (χ1n) is 8.86. The van der Waals surface area contributed by atoms with Gasteiger partial charge in [-0.05, 0) is 42.5 Å². The van der Waals surface area contributed by atoms with Crippen molar-refractivity contribution in [2.75, 3.05) is 16.8 Å². The van der Waals surface area contributed by atoms with E-state index in [1.807, 2.05) is 0 Å². The number of carbonyl (C=O) groups excluding carboxylic acids is 1. The summed E-state index contributed by atoms with van der Waals surface area (Å²) in [6, 6.07) is 16.9. The van der Waals surface area contributed by atoms with Crippen LogP contribution >= 0.6 is 0 Å². The van der Waals surface area contributed by atoms with Gasteiger partial charge in [-0.15, -0.1) is 0 Å². The normalized spacial score (nSPS) is 14.6. The van der Waals surface area contributed by atoms with Gasteiger partial charge in [0, 0.05) is 5.69 Å². The predicted molar refractivity (Wildman–Crippen MR) is 105 cm³/mol. The van der Waals surface area contributed by atoms with Gasteiger partial charge in [-0.1, -0.05) is 30.3 Å². The van der Waals surface area contributed by atoms with Gasteiger partial charge in [-0.2, -0.15) is 13.2 Å². The molecule has 1 amide bonds. The first-order chi connectivity index (χ1) is 14.2. The standard InChI is InChI=1S/C21H15F3N2O3S/c22-21(23,24)14-6-5-7-15(12-14)25-20(27)13-26-16-8-1-3-10-18(16)30(28,29)19-11-4-2-9-17(19)26/h1-12H,13H2,(H,25,27). The quantitative estimate of drug-likeness (QED) is 0.656. The van der Waals surface area contributed by atoms with Crippen molar-refractivity contribution in [1.29, 1.82) is 0 Å². The Morgan fingerprint density at radius 1 is 0.867 bits per heavy atom. The van der Waals surface area contributed by atoms with Crippen molar-refractivity contribution in [1.82, 2.24) is 0 Å². The molecule has 0 bridgehead atoms. The number of rotatable bonds is 3. The third kappa shape index (κ3) is 3.52. The van der Waals surface area contributed by atoms with Crippen LogP contribution in [0.4, 0.5) is 30.2 Å². The Kier molecular flexibility index (Phi) is 4.77. The average molecular weight is 432 g/mol. The Balaban J connectivity index is 1.67. The van der Waals surface area contributed by atoms with Crippen molar-refractivity contribution in [3.63, 3.8) is 0 Å². The average Bonchev–Trinajstić information content (AvgIpc) is 2.71. The Bertz CT molecular complexity index is 1190. The Labute approximate surface area is 170 Å². The van der Waals surface area contributed by atoms with Crippen LogP contribution in [0.3, 0.4) is 0 Å². The Morgan fingerprint density at radius 3 is 2.00 bits per heavy atom. The lowest BCUT2D eigenvalue weighted by molar-refractivity contribution is -0.137. The zero-order valence-corrected chi connectivity index (χ0v) is 16.2. The van der Waals surface area contributed by atoms with E-state index in [4.69, 9.17) is 0 Å². The van der Waals surface area contributed by atoms with E-state index in [9.17, 15) is 26.4 Å².